The van der Waals surface area contributed by atoms with Crippen molar-refractivity contribution < 1.29 is 32.9 Å². The van der Waals surface area contributed by atoms with Gasteiger partial charge in [-0.3, -0.25) is 4.52 Å². The fraction of sp³-hybridized carbons (Fsp3) is 0.727. The second-order valence-electron chi connectivity index (χ2n) is 5.01. The smallest absolute Gasteiger partial charge is 0.462 e. The van der Waals surface area contributed by atoms with E-state index in [1.807, 2.05) is 21.1 Å². The van der Waals surface area contributed by atoms with Crippen LogP contribution in [0.2, 0.25) is 0 Å². The Morgan fingerprint density at radius 3 is 2.37 bits per heavy atom. The molecule has 0 radical (unpaired) electrons. The minimum atomic E-state index is -4.48. The second kappa shape index (κ2) is 7.77. The average molecular weight is 296 g/mol. The summed E-state index contributed by atoms with van der Waals surface area (Å²) in [6.07, 6.45) is 3.34. The molecule has 0 amide bonds. The van der Waals surface area contributed by atoms with Gasteiger partial charge in [0, 0.05) is 12.5 Å². The fourth-order valence-corrected chi connectivity index (χ4v) is 1.72. The number of nitrogens with zero attached hydrogens (tertiary/aromatic N) is 1. The molecule has 0 fully saturated rings. The molecule has 0 bridgehead atoms. The maximum Gasteiger partial charge on any atom is 0.469 e. The summed E-state index contributed by atoms with van der Waals surface area (Å²) in [5, 5.41) is 0. The van der Waals surface area contributed by atoms with Gasteiger partial charge in [0.05, 0.1) is 27.7 Å². The lowest BCUT2D eigenvalue weighted by Gasteiger charge is -2.33. The van der Waals surface area contributed by atoms with Crippen molar-refractivity contribution >= 4 is 13.8 Å². The van der Waals surface area contributed by atoms with E-state index in [-0.39, 0.29) is 19.3 Å². The fourth-order valence-electron chi connectivity index (χ4n) is 1.36. The van der Waals surface area contributed by atoms with Crippen LogP contribution >= 0.6 is 7.82 Å². The van der Waals surface area contributed by atoms with E-state index in [4.69, 9.17) is 14.5 Å². The number of hydrogen-bond donors (Lipinski definition) is 2. The second-order valence-corrected chi connectivity index (χ2v) is 6.25. The van der Waals surface area contributed by atoms with E-state index in [0.717, 1.165) is 0 Å². The van der Waals surface area contributed by atoms with Crippen LogP contribution in [0.15, 0.2) is 12.2 Å². The molecule has 0 spiro atoms. The van der Waals surface area contributed by atoms with Crippen molar-refractivity contribution in [2.45, 2.75) is 19.4 Å². The van der Waals surface area contributed by atoms with Crippen LogP contribution in [0.4, 0.5) is 0 Å². The highest BCUT2D eigenvalue weighted by Gasteiger charge is 2.27. The number of phosphoric ester groups is 1. The molecule has 0 saturated heterocycles. The Morgan fingerprint density at radius 2 is 1.95 bits per heavy atom. The Kier molecular flexibility index (Phi) is 7.47. The number of hydrogen-bond acceptors (Lipinski definition) is 4. The topological polar surface area (TPSA) is 93.1 Å². The number of likely N-dealkylation sites (N-methyl/N-ethyl adjacent to an activating group) is 1. The summed E-state index contributed by atoms with van der Waals surface area (Å²) in [5.74, 6) is -0.432. The van der Waals surface area contributed by atoms with Gasteiger partial charge in [-0.05, 0) is 6.92 Å². The molecule has 1 unspecified atom stereocenters. The van der Waals surface area contributed by atoms with E-state index >= 15 is 0 Å². The Labute approximate surface area is 113 Å². The molecule has 0 saturated carbocycles. The zero-order valence-corrected chi connectivity index (χ0v) is 12.7. The minimum absolute atomic E-state index is 0.102. The van der Waals surface area contributed by atoms with Crippen LogP contribution in [0.5, 0.6) is 0 Å². The lowest BCUT2D eigenvalue weighted by Crippen LogP contribution is -2.48. The van der Waals surface area contributed by atoms with Crippen molar-refractivity contribution in [3.05, 3.63) is 12.2 Å². The van der Waals surface area contributed by atoms with E-state index in [1.54, 1.807) is 13.0 Å². The van der Waals surface area contributed by atoms with Crippen LogP contribution in [-0.2, 0) is 18.6 Å². The molecule has 0 aliphatic rings. The van der Waals surface area contributed by atoms with Crippen LogP contribution in [-0.4, -0.2) is 60.6 Å². The van der Waals surface area contributed by atoms with Crippen molar-refractivity contribution in [3.8, 4) is 0 Å². The van der Waals surface area contributed by atoms with Gasteiger partial charge >= 0.3 is 13.8 Å². The van der Waals surface area contributed by atoms with Gasteiger partial charge in [0.1, 0.15) is 12.6 Å². The molecule has 0 heterocycles. The normalized spacial score (nSPS) is 14.6. The third kappa shape index (κ3) is 9.81. The molecule has 0 aromatic rings. The van der Waals surface area contributed by atoms with Gasteiger partial charge < -0.3 is 19.0 Å². The van der Waals surface area contributed by atoms with Crippen LogP contribution in [0.25, 0.3) is 0 Å². The molecule has 19 heavy (non-hydrogen) atoms. The number of quaternary nitrogens is 1. The van der Waals surface area contributed by atoms with Crippen LogP contribution < -0.4 is 0 Å². The van der Waals surface area contributed by atoms with Crippen molar-refractivity contribution in [2.75, 3.05) is 34.4 Å². The molecule has 0 rings (SSSR count). The Hall–Kier alpha value is -0.720. The number of allylic oxidation sites excluding steroid dienone is 1. The molecule has 112 valence electrons. The van der Waals surface area contributed by atoms with E-state index in [0.29, 0.717) is 10.9 Å². The number of carbonyl (C=O) groups excluding carboxylic acids is 1. The predicted octanol–water partition coefficient (Wildman–Crippen LogP) is 0.680. The van der Waals surface area contributed by atoms with Gasteiger partial charge in [-0.25, -0.2) is 9.36 Å². The molecule has 8 heteroatoms. The molecule has 0 aliphatic heterocycles. The van der Waals surface area contributed by atoms with Crippen LogP contribution in [0.1, 0.15) is 13.3 Å². The van der Waals surface area contributed by atoms with Crippen molar-refractivity contribution in [1.29, 1.82) is 0 Å². The number of rotatable bonds is 8. The number of esters is 1. The Morgan fingerprint density at radius 1 is 1.37 bits per heavy atom. The highest BCUT2D eigenvalue weighted by molar-refractivity contribution is 7.46. The van der Waals surface area contributed by atoms with Gasteiger partial charge in [0.2, 0.25) is 0 Å². The summed E-state index contributed by atoms with van der Waals surface area (Å²) < 4.78 is 20.6. The largest absolute Gasteiger partial charge is 0.469 e. The quantitative estimate of drug-likeness (QED) is 0.296. The van der Waals surface area contributed by atoms with E-state index < -0.39 is 13.8 Å². The lowest BCUT2D eigenvalue weighted by molar-refractivity contribution is -0.896. The van der Waals surface area contributed by atoms with Crippen LogP contribution in [0, 0.1) is 0 Å². The van der Waals surface area contributed by atoms with Gasteiger partial charge in [0.15, 0.2) is 0 Å². The maximum absolute atomic E-state index is 11.1. The molecule has 2 N–H and O–H groups in total. The number of phosphoric acid groups is 1. The summed E-state index contributed by atoms with van der Waals surface area (Å²) in [6.45, 7) is 1.78. The van der Waals surface area contributed by atoms with Gasteiger partial charge in [-0.2, -0.15) is 0 Å². The highest BCUT2D eigenvalue weighted by atomic mass is 31.2. The molecule has 0 aromatic heterocycles. The molecule has 0 aliphatic carbocycles. The number of carbonyl (C=O) groups is 1. The van der Waals surface area contributed by atoms with E-state index in [1.165, 1.54) is 6.08 Å². The average Bonchev–Trinajstić information content (AvgIpc) is 2.20. The summed E-state index contributed by atoms with van der Waals surface area (Å²) in [6, 6.07) is -0.189. The van der Waals surface area contributed by atoms with Gasteiger partial charge in [0.25, 0.3) is 0 Å². The Balaban J connectivity index is 4.30. The van der Waals surface area contributed by atoms with E-state index in [9.17, 15) is 9.36 Å². The first kappa shape index (κ1) is 18.3. The minimum Gasteiger partial charge on any atom is -0.462 e. The maximum atomic E-state index is 11.1. The molecule has 1 atom stereocenters. The van der Waals surface area contributed by atoms with Crippen molar-refractivity contribution in [3.63, 3.8) is 0 Å². The zero-order valence-electron chi connectivity index (χ0n) is 11.8. The molecule has 7 nitrogen and oxygen atoms in total. The molecular weight excluding hydrogens is 273 g/mol. The summed E-state index contributed by atoms with van der Waals surface area (Å²) >= 11 is 0. The summed E-state index contributed by atoms with van der Waals surface area (Å²) in [7, 11) is 1.15. The monoisotopic (exact) mass is 296 g/mol. The lowest BCUT2D eigenvalue weighted by atomic mass is 10.2. The first-order chi connectivity index (χ1) is 8.56. The van der Waals surface area contributed by atoms with E-state index in [2.05, 4.69) is 4.52 Å². The third-order valence-electron chi connectivity index (χ3n) is 2.53. The van der Waals surface area contributed by atoms with Crippen molar-refractivity contribution in [1.82, 2.24) is 0 Å². The first-order valence-electron chi connectivity index (χ1n) is 5.87. The third-order valence-corrected chi connectivity index (χ3v) is 3.01. The van der Waals surface area contributed by atoms with Gasteiger partial charge in [-0.1, -0.05) is 6.08 Å². The SMILES string of the molecule is CC=CC(=O)OCCC(COP(=O)(O)O)[N+](C)(C)C. The van der Waals surface area contributed by atoms with Crippen molar-refractivity contribution in [2.24, 2.45) is 0 Å². The summed E-state index contributed by atoms with van der Waals surface area (Å²) in [5.41, 5.74) is 0. The zero-order chi connectivity index (χ0) is 15.1. The highest BCUT2D eigenvalue weighted by Crippen LogP contribution is 2.36. The molecular formula is C11H23NO6P+. The predicted molar refractivity (Wildman–Crippen MR) is 70.2 cm³/mol. The standard InChI is InChI=1S/C11H22NO6P/c1-5-6-11(13)17-8-7-10(12(2,3)4)9-18-19(14,15)16/h5-6,10H,7-9H2,1-4H3,(H-,14,15,16)/p+1. The van der Waals surface area contributed by atoms with Gasteiger partial charge in [-0.15, -0.1) is 0 Å². The first-order valence-corrected chi connectivity index (χ1v) is 7.40. The summed E-state index contributed by atoms with van der Waals surface area (Å²) in [4.78, 5) is 28.5. The number of ether oxygens (including phenoxy) is 1. The molecule has 0 aromatic carbocycles. The Bertz CT molecular complexity index is 357. The van der Waals surface area contributed by atoms with Crippen LogP contribution in [0.3, 0.4) is 0 Å².